The molecule has 1 heterocycles. The second-order valence-corrected chi connectivity index (χ2v) is 9.64. The maximum atomic E-state index is 12.4. The lowest BCUT2D eigenvalue weighted by molar-refractivity contribution is -0.117. The van der Waals surface area contributed by atoms with Crippen LogP contribution in [0.25, 0.3) is 0 Å². The van der Waals surface area contributed by atoms with Gasteiger partial charge in [-0.05, 0) is 30.3 Å². The van der Waals surface area contributed by atoms with Crippen molar-refractivity contribution in [2.24, 2.45) is 0 Å². The van der Waals surface area contributed by atoms with Crippen LogP contribution >= 0.6 is 11.6 Å². The Balaban J connectivity index is 1.55. The lowest BCUT2D eigenvalue weighted by Gasteiger charge is -2.36. The molecule has 1 amide bonds. The molecule has 0 saturated carbocycles. The normalized spacial score (nSPS) is 15.5. The Morgan fingerprint density at radius 3 is 2.41 bits per heavy atom. The van der Waals surface area contributed by atoms with E-state index in [0.29, 0.717) is 5.69 Å². The summed E-state index contributed by atoms with van der Waals surface area (Å²) in [5.41, 5.74) is 1.48. The molecule has 1 N–H and O–H groups in total. The number of piperazine rings is 1. The first-order chi connectivity index (χ1) is 13.8. The molecule has 1 fully saturated rings. The van der Waals surface area contributed by atoms with Gasteiger partial charge in [-0.15, -0.1) is 0 Å². The Morgan fingerprint density at radius 1 is 1.07 bits per heavy atom. The summed E-state index contributed by atoms with van der Waals surface area (Å²) in [6.45, 7) is 3.31. The SMILES string of the molecule is CN(C)S(=O)(=O)c1cccc(NC(=O)CN2CCN(c3ccccc3Cl)CC2)c1. The van der Waals surface area contributed by atoms with E-state index in [0.717, 1.165) is 41.2 Å². The van der Waals surface area contributed by atoms with E-state index in [1.165, 1.54) is 26.2 Å². The van der Waals surface area contributed by atoms with Crippen molar-refractivity contribution in [2.45, 2.75) is 4.90 Å². The van der Waals surface area contributed by atoms with Crippen molar-refractivity contribution in [1.29, 1.82) is 0 Å². The topological polar surface area (TPSA) is 73.0 Å². The maximum absolute atomic E-state index is 12.4. The van der Waals surface area contributed by atoms with Gasteiger partial charge in [-0.3, -0.25) is 9.69 Å². The van der Waals surface area contributed by atoms with Crippen LogP contribution in [0.2, 0.25) is 5.02 Å². The lowest BCUT2D eigenvalue weighted by atomic mass is 10.2. The monoisotopic (exact) mass is 436 g/mol. The van der Waals surface area contributed by atoms with Crippen LogP contribution in [0.4, 0.5) is 11.4 Å². The first kappa shape index (κ1) is 21.6. The summed E-state index contributed by atoms with van der Waals surface area (Å²) in [6.07, 6.45) is 0. The van der Waals surface area contributed by atoms with Crippen LogP contribution in [0, 0.1) is 0 Å². The number of sulfonamides is 1. The van der Waals surface area contributed by atoms with Crippen molar-refractivity contribution in [3.63, 3.8) is 0 Å². The van der Waals surface area contributed by atoms with Gasteiger partial charge >= 0.3 is 0 Å². The Hall–Kier alpha value is -2.13. The van der Waals surface area contributed by atoms with Crippen LogP contribution in [0.15, 0.2) is 53.4 Å². The Bertz CT molecular complexity index is 973. The quantitative estimate of drug-likeness (QED) is 0.752. The van der Waals surface area contributed by atoms with E-state index in [2.05, 4.69) is 15.1 Å². The van der Waals surface area contributed by atoms with E-state index in [-0.39, 0.29) is 17.3 Å². The van der Waals surface area contributed by atoms with Gasteiger partial charge in [-0.1, -0.05) is 29.8 Å². The molecule has 7 nitrogen and oxygen atoms in total. The third-order valence-electron chi connectivity index (χ3n) is 4.83. The van der Waals surface area contributed by atoms with Gasteiger partial charge in [0, 0.05) is 46.0 Å². The number of para-hydroxylation sites is 1. The number of benzene rings is 2. The highest BCUT2D eigenvalue weighted by atomic mass is 35.5. The van der Waals surface area contributed by atoms with E-state index in [4.69, 9.17) is 11.6 Å². The number of halogens is 1. The standard InChI is InChI=1S/C20H25ClN4O3S/c1-23(2)29(27,28)17-7-5-6-16(14-17)22-20(26)15-24-10-12-25(13-11-24)19-9-4-3-8-18(19)21/h3-9,14H,10-13,15H2,1-2H3,(H,22,26). The number of nitrogens with one attached hydrogen (secondary N) is 1. The van der Waals surface area contributed by atoms with E-state index in [9.17, 15) is 13.2 Å². The Kier molecular flexibility index (Phi) is 6.79. The third-order valence-corrected chi connectivity index (χ3v) is 6.96. The van der Waals surface area contributed by atoms with Crippen molar-refractivity contribution in [2.75, 3.05) is 57.0 Å². The maximum Gasteiger partial charge on any atom is 0.242 e. The summed E-state index contributed by atoms with van der Waals surface area (Å²) >= 11 is 6.27. The van der Waals surface area contributed by atoms with Crippen LogP contribution in [0.3, 0.4) is 0 Å². The molecule has 2 aromatic rings. The molecule has 0 unspecified atom stereocenters. The fourth-order valence-corrected chi connectivity index (χ4v) is 4.41. The number of hydrogen-bond acceptors (Lipinski definition) is 5. The van der Waals surface area contributed by atoms with Gasteiger partial charge in [0.05, 0.1) is 22.2 Å². The Labute approximate surface area is 176 Å². The molecule has 3 rings (SSSR count). The summed E-state index contributed by atoms with van der Waals surface area (Å²) in [4.78, 5) is 16.9. The molecule has 0 aromatic heterocycles. The second-order valence-electron chi connectivity index (χ2n) is 7.08. The van der Waals surface area contributed by atoms with Crippen LogP contribution < -0.4 is 10.2 Å². The van der Waals surface area contributed by atoms with Crippen molar-refractivity contribution >= 4 is 38.9 Å². The van der Waals surface area contributed by atoms with Crippen LogP contribution in [0.1, 0.15) is 0 Å². The molecule has 0 bridgehead atoms. The van der Waals surface area contributed by atoms with Gasteiger partial charge in [-0.2, -0.15) is 0 Å². The largest absolute Gasteiger partial charge is 0.368 e. The van der Waals surface area contributed by atoms with Crippen LogP contribution in [-0.4, -0.2) is 70.3 Å². The lowest BCUT2D eigenvalue weighted by Crippen LogP contribution is -2.48. The minimum atomic E-state index is -3.54. The predicted molar refractivity (Wildman–Crippen MR) is 116 cm³/mol. The number of nitrogens with zero attached hydrogens (tertiary/aromatic N) is 3. The molecule has 0 radical (unpaired) electrons. The van der Waals surface area contributed by atoms with Crippen molar-refractivity contribution < 1.29 is 13.2 Å². The third kappa shape index (κ3) is 5.27. The van der Waals surface area contributed by atoms with E-state index in [1.54, 1.807) is 12.1 Å². The van der Waals surface area contributed by atoms with Gasteiger partial charge in [0.25, 0.3) is 0 Å². The first-order valence-corrected chi connectivity index (χ1v) is 11.1. The molecule has 2 aromatic carbocycles. The fourth-order valence-electron chi connectivity index (χ4n) is 3.20. The molecule has 0 spiro atoms. The molecule has 1 saturated heterocycles. The van der Waals surface area contributed by atoms with Crippen molar-refractivity contribution in [1.82, 2.24) is 9.21 Å². The summed E-state index contributed by atoms with van der Waals surface area (Å²) in [6, 6.07) is 14.0. The number of hydrogen-bond donors (Lipinski definition) is 1. The number of rotatable bonds is 6. The van der Waals surface area contributed by atoms with Gasteiger partial charge in [0.2, 0.25) is 15.9 Å². The summed E-state index contributed by atoms with van der Waals surface area (Å²) < 4.78 is 25.6. The van der Waals surface area contributed by atoms with Gasteiger partial charge in [0.15, 0.2) is 0 Å². The minimum absolute atomic E-state index is 0.147. The van der Waals surface area contributed by atoms with Gasteiger partial charge in [0.1, 0.15) is 0 Å². The van der Waals surface area contributed by atoms with Crippen molar-refractivity contribution in [3.05, 3.63) is 53.6 Å². The van der Waals surface area contributed by atoms with Gasteiger partial charge < -0.3 is 10.2 Å². The highest BCUT2D eigenvalue weighted by Gasteiger charge is 2.21. The zero-order valence-electron chi connectivity index (χ0n) is 16.5. The van der Waals surface area contributed by atoms with Crippen LogP contribution in [0.5, 0.6) is 0 Å². The van der Waals surface area contributed by atoms with Crippen LogP contribution in [-0.2, 0) is 14.8 Å². The molecule has 0 atom stereocenters. The molecule has 29 heavy (non-hydrogen) atoms. The summed E-state index contributed by atoms with van der Waals surface area (Å²) in [7, 11) is -0.593. The number of anilines is 2. The average Bonchev–Trinajstić information content (AvgIpc) is 2.69. The first-order valence-electron chi connectivity index (χ1n) is 9.31. The molecule has 156 valence electrons. The smallest absolute Gasteiger partial charge is 0.242 e. The molecular formula is C20H25ClN4O3S. The summed E-state index contributed by atoms with van der Waals surface area (Å²) in [5, 5.41) is 3.52. The highest BCUT2D eigenvalue weighted by Crippen LogP contribution is 2.26. The number of amides is 1. The van der Waals surface area contributed by atoms with E-state index in [1.807, 2.05) is 24.3 Å². The van der Waals surface area contributed by atoms with E-state index >= 15 is 0 Å². The zero-order valence-corrected chi connectivity index (χ0v) is 18.1. The fraction of sp³-hybridized carbons (Fsp3) is 0.350. The molecule has 1 aliphatic heterocycles. The molecule has 1 aliphatic rings. The minimum Gasteiger partial charge on any atom is -0.368 e. The number of carbonyl (C=O) groups is 1. The second kappa shape index (κ2) is 9.13. The Morgan fingerprint density at radius 2 is 1.76 bits per heavy atom. The molecule has 9 heteroatoms. The summed E-state index contributed by atoms with van der Waals surface area (Å²) in [5.74, 6) is -0.171. The molecular weight excluding hydrogens is 412 g/mol. The van der Waals surface area contributed by atoms with Crippen molar-refractivity contribution in [3.8, 4) is 0 Å². The van der Waals surface area contributed by atoms with Gasteiger partial charge in [-0.25, -0.2) is 12.7 Å². The zero-order chi connectivity index (χ0) is 21.0. The highest BCUT2D eigenvalue weighted by molar-refractivity contribution is 7.89. The predicted octanol–water partition coefficient (Wildman–Crippen LogP) is 2.35. The molecule has 0 aliphatic carbocycles. The number of carbonyl (C=O) groups excluding carboxylic acids is 1. The average molecular weight is 437 g/mol. The van der Waals surface area contributed by atoms with E-state index < -0.39 is 10.0 Å².